The van der Waals surface area contributed by atoms with Crippen LogP contribution in [0.25, 0.3) is 0 Å². The first-order chi connectivity index (χ1) is 6.72. The van der Waals surface area contributed by atoms with Crippen molar-refractivity contribution in [3.63, 3.8) is 0 Å². The first kappa shape index (κ1) is 9.46. The Morgan fingerprint density at radius 2 is 2.29 bits per heavy atom. The van der Waals surface area contributed by atoms with E-state index in [-0.39, 0.29) is 18.0 Å². The van der Waals surface area contributed by atoms with E-state index >= 15 is 0 Å². The maximum atomic E-state index is 12.9. The highest BCUT2D eigenvalue weighted by atomic mass is 19.1. The van der Waals surface area contributed by atoms with Crippen LogP contribution in [0, 0.1) is 5.82 Å². The van der Waals surface area contributed by atoms with Crippen LogP contribution in [0.3, 0.4) is 0 Å². The second-order valence-electron chi connectivity index (χ2n) is 3.65. The Bertz CT molecular complexity index is 340. The van der Waals surface area contributed by atoms with Gasteiger partial charge in [-0.25, -0.2) is 4.39 Å². The van der Waals surface area contributed by atoms with E-state index in [0.717, 1.165) is 18.4 Å². The summed E-state index contributed by atoms with van der Waals surface area (Å²) >= 11 is 0. The lowest BCUT2D eigenvalue weighted by atomic mass is 10.0. The minimum absolute atomic E-state index is 0.0109. The maximum Gasteiger partial charge on any atom is 0.127 e. The quantitative estimate of drug-likeness (QED) is 0.786. The van der Waals surface area contributed by atoms with Gasteiger partial charge in [0.2, 0.25) is 0 Å². The highest BCUT2D eigenvalue weighted by Crippen LogP contribution is 2.36. The number of hydrogen-bond donors (Lipinski definition) is 1. The zero-order valence-electron chi connectivity index (χ0n) is 8.16. The van der Waals surface area contributed by atoms with Gasteiger partial charge in [0.15, 0.2) is 0 Å². The fraction of sp³-hybridized carbons (Fsp3) is 0.455. The molecule has 1 aromatic carbocycles. The van der Waals surface area contributed by atoms with Gasteiger partial charge in [-0.2, -0.15) is 0 Å². The summed E-state index contributed by atoms with van der Waals surface area (Å²) in [5.74, 6) is 0.337. The Kier molecular flexibility index (Phi) is 2.42. The van der Waals surface area contributed by atoms with Gasteiger partial charge in [-0.3, -0.25) is 0 Å². The van der Waals surface area contributed by atoms with Crippen LogP contribution in [0.2, 0.25) is 0 Å². The average molecular weight is 195 g/mol. The van der Waals surface area contributed by atoms with Crippen molar-refractivity contribution < 1.29 is 9.13 Å². The van der Waals surface area contributed by atoms with Crippen molar-refractivity contribution in [2.75, 3.05) is 0 Å². The Labute approximate surface area is 82.9 Å². The molecule has 0 amide bonds. The topological polar surface area (TPSA) is 35.2 Å². The van der Waals surface area contributed by atoms with Crippen LogP contribution in [-0.4, -0.2) is 6.10 Å². The van der Waals surface area contributed by atoms with Gasteiger partial charge in [0, 0.05) is 11.6 Å². The molecule has 2 nitrogen and oxygen atoms in total. The van der Waals surface area contributed by atoms with E-state index in [1.807, 2.05) is 0 Å². The predicted octanol–water partition coefficient (Wildman–Crippen LogP) is 2.39. The Morgan fingerprint density at radius 1 is 1.50 bits per heavy atom. The first-order valence-electron chi connectivity index (χ1n) is 4.94. The number of rotatable bonds is 2. The van der Waals surface area contributed by atoms with Crippen LogP contribution >= 0.6 is 0 Å². The summed E-state index contributed by atoms with van der Waals surface area (Å²) < 4.78 is 18.5. The minimum atomic E-state index is -0.270. The highest BCUT2D eigenvalue weighted by Gasteiger charge is 2.30. The molecule has 2 unspecified atom stereocenters. The SMILES string of the molecule is CCCC1Oc2cc(F)ccc2C1N. The Morgan fingerprint density at radius 3 is 3.00 bits per heavy atom. The van der Waals surface area contributed by atoms with E-state index in [1.54, 1.807) is 6.07 Å². The molecule has 0 fully saturated rings. The molecular formula is C11H14FNO. The summed E-state index contributed by atoms with van der Waals surface area (Å²) in [5, 5.41) is 0. The van der Waals surface area contributed by atoms with Gasteiger partial charge in [-0.15, -0.1) is 0 Å². The molecule has 0 saturated heterocycles. The van der Waals surface area contributed by atoms with Crippen molar-refractivity contribution in [2.45, 2.75) is 31.9 Å². The molecule has 2 N–H and O–H groups in total. The number of nitrogens with two attached hydrogens (primary N) is 1. The molecule has 3 heteroatoms. The summed E-state index contributed by atoms with van der Waals surface area (Å²) in [4.78, 5) is 0. The van der Waals surface area contributed by atoms with E-state index in [0.29, 0.717) is 5.75 Å². The molecule has 0 aromatic heterocycles. The Hall–Kier alpha value is -1.09. The first-order valence-corrected chi connectivity index (χ1v) is 4.94. The van der Waals surface area contributed by atoms with E-state index in [2.05, 4.69) is 6.92 Å². The third-order valence-corrected chi connectivity index (χ3v) is 2.59. The lowest BCUT2D eigenvalue weighted by Crippen LogP contribution is -2.24. The normalized spacial score (nSPS) is 24.5. The average Bonchev–Trinajstić information content (AvgIpc) is 2.44. The largest absolute Gasteiger partial charge is 0.488 e. The Balaban J connectivity index is 2.26. The van der Waals surface area contributed by atoms with Crippen LogP contribution in [0.4, 0.5) is 4.39 Å². The molecule has 0 bridgehead atoms. The van der Waals surface area contributed by atoms with Crippen LogP contribution in [0.5, 0.6) is 5.75 Å². The number of halogens is 1. The van der Waals surface area contributed by atoms with Crippen molar-refractivity contribution in [1.29, 1.82) is 0 Å². The molecule has 2 rings (SSSR count). The van der Waals surface area contributed by atoms with Gasteiger partial charge in [-0.05, 0) is 12.5 Å². The molecule has 0 saturated carbocycles. The van der Waals surface area contributed by atoms with E-state index in [9.17, 15) is 4.39 Å². The van der Waals surface area contributed by atoms with Gasteiger partial charge in [0.05, 0.1) is 6.04 Å². The molecule has 0 spiro atoms. The second kappa shape index (κ2) is 3.58. The zero-order chi connectivity index (χ0) is 10.1. The third kappa shape index (κ3) is 1.48. The zero-order valence-corrected chi connectivity index (χ0v) is 8.16. The molecule has 1 heterocycles. The summed E-state index contributed by atoms with van der Waals surface area (Å²) in [6.07, 6.45) is 1.95. The monoisotopic (exact) mass is 195 g/mol. The molecule has 1 aliphatic rings. The summed E-state index contributed by atoms with van der Waals surface area (Å²) in [6, 6.07) is 4.44. The van der Waals surface area contributed by atoms with Crippen LogP contribution < -0.4 is 10.5 Å². The van der Waals surface area contributed by atoms with Crippen molar-refractivity contribution in [3.8, 4) is 5.75 Å². The van der Waals surface area contributed by atoms with Gasteiger partial charge in [0.1, 0.15) is 17.7 Å². The van der Waals surface area contributed by atoms with Gasteiger partial charge in [0.25, 0.3) is 0 Å². The molecule has 0 radical (unpaired) electrons. The predicted molar refractivity (Wildman–Crippen MR) is 52.7 cm³/mol. The van der Waals surface area contributed by atoms with Crippen molar-refractivity contribution in [2.24, 2.45) is 5.73 Å². The summed E-state index contributed by atoms with van der Waals surface area (Å²) in [7, 11) is 0. The molecule has 1 aliphatic heterocycles. The van der Waals surface area contributed by atoms with Crippen molar-refractivity contribution in [1.82, 2.24) is 0 Å². The van der Waals surface area contributed by atoms with Gasteiger partial charge >= 0.3 is 0 Å². The molecule has 14 heavy (non-hydrogen) atoms. The molecule has 1 aromatic rings. The third-order valence-electron chi connectivity index (χ3n) is 2.59. The summed E-state index contributed by atoms with van der Waals surface area (Å²) in [6.45, 7) is 2.08. The fourth-order valence-corrected chi connectivity index (χ4v) is 1.85. The standard InChI is InChI=1S/C11H14FNO/c1-2-3-9-11(13)8-5-4-7(12)6-10(8)14-9/h4-6,9,11H,2-3,13H2,1H3. The van der Waals surface area contributed by atoms with Crippen LogP contribution in [-0.2, 0) is 0 Å². The van der Waals surface area contributed by atoms with Gasteiger partial charge in [-0.1, -0.05) is 19.4 Å². The number of benzene rings is 1. The van der Waals surface area contributed by atoms with Crippen LogP contribution in [0.15, 0.2) is 18.2 Å². The van der Waals surface area contributed by atoms with E-state index in [1.165, 1.54) is 12.1 Å². The number of ether oxygens (including phenoxy) is 1. The fourth-order valence-electron chi connectivity index (χ4n) is 1.85. The smallest absolute Gasteiger partial charge is 0.127 e. The lowest BCUT2D eigenvalue weighted by molar-refractivity contribution is 0.194. The van der Waals surface area contributed by atoms with E-state index < -0.39 is 0 Å². The number of hydrogen-bond acceptors (Lipinski definition) is 2. The minimum Gasteiger partial charge on any atom is -0.488 e. The maximum absolute atomic E-state index is 12.9. The highest BCUT2D eigenvalue weighted by molar-refractivity contribution is 5.40. The van der Waals surface area contributed by atoms with Crippen molar-refractivity contribution in [3.05, 3.63) is 29.6 Å². The van der Waals surface area contributed by atoms with Crippen molar-refractivity contribution >= 4 is 0 Å². The van der Waals surface area contributed by atoms with Crippen LogP contribution in [0.1, 0.15) is 31.4 Å². The molecule has 76 valence electrons. The summed E-state index contributed by atoms with van der Waals surface area (Å²) in [5.41, 5.74) is 6.90. The number of fused-ring (bicyclic) bond motifs is 1. The molecular weight excluding hydrogens is 181 g/mol. The molecule has 0 aliphatic carbocycles. The second-order valence-corrected chi connectivity index (χ2v) is 3.65. The van der Waals surface area contributed by atoms with E-state index in [4.69, 9.17) is 10.5 Å². The van der Waals surface area contributed by atoms with Gasteiger partial charge < -0.3 is 10.5 Å². The molecule has 2 atom stereocenters. The lowest BCUT2D eigenvalue weighted by Gasteiger charge is -2.13.